The predicted octanol–water partition coefficient (Wildman–Crippen LogP) is 20.4. The number of esters is 3. The fraction of sp³-hybridized carbons (Fsp3) is 0.797. The summed E-state index contributed by atoms with van der Waals surface area (Å²) in [5.41, 5.74) is 0. The standard InChI is InChI=1S/C64H114O6/c1-4-7-10-13-16-19-22-25-28-29-30-31-32-33-34-35-37-39-42-45-48-51-54-57-63(66)69-60-61(59-68-62(65)56-53-50-47-44-41-38-27-24-21-18-15-12-9-6-3)70-64(67)58-55-52-49-46-43-40-36-26-23-20-17-14-11-8-5-2/h8,11,17,20,24,26-27,36,43,46,61H,4-7,9-10,12-16,18-19,21-23,25,28-35,37-42,44-45,47-60H2,1-3H3/b11-8-,20-17-,27-24-,36-26-,46-43-. The molecule has 0 saturated heterocycles. The summed E-state index contributed by atoms with van der Waals surface area (Å²) in [6.45, 7) is 6.51. The molecule has 0 aliphatic rings. The van der Waals surface area contributed by atoms with E-state index in [0.717, 1.165) is 83.5 Å². The van der Waals surface area contributed by atoms with Crippen LogP contribution in [-0.2, 0) is 28.6 Å². The van der Waals surface area contributed by atoms with Gasteiger partial charge in [-0.2, -0.15) is 0 Å². The van der Waals surface area contributed by atoms with E-state index < -0.39 is 6.10 Å². The number of unbranched alkanes of at least 4 members (excludes halogenated alkanes) is 34. The van der Waals surface area contributed by atoms with Crippen LogP contribution >= 0.6 is 0 Å². The molecule has 0 rings (SSSR count). The van der Waals surface area contributed by atoms with Crippen LogP contribution in [0, 0.1) is 0 Å². The van der Waals surface area contributed by atoms with Crippen LogP contribution < -0.4 is 0 Å². The maximum atomic E-state index is 12.8. The average molecular weight is 980 g/mol. The van der Waals surface area contributed by atoms with Crippen molar-refractivity contribution in [3.63, 3.8) is 0 Å². The number of carbonyl (C=O) groups excluding carboxylic acids is 3. The molecule has 6 heteroatoms. The van der Waals surface area contributed by atoms with Crippen LogP contribution in [0.25, 0.3) is 0 Å². The molecule has 0 saturated carbocycles. The highest BCUT2D eigenvalue weighted by molar-refractivity contribution is 5.71. The van der Waals surface area contributed by atoms with Gasteiger partial charge in [0.15, 0.2) is 6.10 Å². The van der Waals surface area contributed by atoms with Gasteiger partial charge in [-0.25, -0.2) is 0 Å². The molecular weight excluding hydrogens is 865 g/mol. The minimum absolute atomic E-state index is 0.0908. The third-order valence-electron chi connectivity index (χ3n) is 13.3. The zero-order valence-electron chi connectivity index (χ0n) is 46.5. The van der Waals surface area contributed by atoms with Crippen molar-refractivity contribution >= 4 is 17.9 Å². The fourth-order valence-corrected chi connectivity index (χ4v) is 8.72. The summed E-state index contributed by atoms with van der Waals surface area (Å²) < 4.78 is 16.8. The van der Waals surface area contributed by atoms with E-state index in [1.807, 2.05) is 0 Å². The van der Waals surface area contributed by atoms with Gasteiger partial charge in [0.05, 0.1) is 0 Å². The molecular formula is C64H114O6. The lowest BCUT2D eigenvalue weighted by atomic mass is 10.0. The normalized spacial score (nSPS) is 12.4. The Morgan fingerprint density at radius 2 is 0.557 bits per heavy atom. The first-order chi connectivity index (χ1) is 34.5. The van der Waals surface area contributed by atoms with E-state index in [-0.39, 0.29) is 37.5 Å². The summed E-state index contributed by atoms with van der Waals surface area (Å²) in [4.78, 5) is 38.2. The van der Waals surface area contributed by atoms with Crippen molar-refractivity contribution in [1.82, 2.24) is 0 Å². The topological polar surface area (TPSA) is 78.9 Å². The maximum Gasteiger partial charge on any atom is 0.306 e. The van der Waals surface area contributed by atoms with E-state index in [1.54, 1.807) is 0 Å². The van der Waals surface area contributed by atoms with Crippen molar-refractivity contribution in [1.29, 1.82) is 0 Å². The quantitative estimate of drug-likeness (QED) is 0.0261. The summed E-state index contributed by atoms with van der Waals surface area (Å²) in [5.74, 6) is -0.928. The first kappa shape index (κ1) is 67.1. The summed E-state index contributed by atoms with van der Waals surface area (Å²) in [5, 5.41) is 0. The van der Waals surface area contributed by atoms with Crippen molar-refractivity contribution in [3.05, 3.63) is 60.8 Å². The summed E-state index contributed by atoms with van der Waals surface area (Å²) >= 11 is 0. The molecule has 0 fully saturated rings. The molecule has 70 heavy (non-hydrogen) atoms. The molecule has 0 aromatic heterocycles. The smallest absolute Gasteiger partial charge is 0.306 e. The Labute approximate surface area is 434 Å². The van der Waals surface area contributed by atoms with E-state index in [0.29, 0.717) is 19.3 Å². The predicted molar refractivity (Wildman–Crippen MR) is 302 cm³/mol. The second-order valence-corrected chi connectivity index (χ2v) is 20.2. The molecule has 1 atom stereocenters. The third-order valence-corrected chi connectivity index (χ3v) is 13.3. The zero-order valence-corrected chi connectivity index (χ0v) is 46.5. The van der Waals surface area contributed by atoms with Crippen molar-refractivity contribution in [2.45, 2.75) is 316 Å². The maximum absolute atomic E-state index is 12.8. The van der Waals surface area contributed by atoms with Gasteiger partial charge >= 0.3 is 17.9 Å². The van der Waals surface area contributed by atoms with Crippen molar-refractivity contribution in [3.8, 4) is 0 Å². The first-order valence-electron chi connectivity index (χ1n) is 30.3. The molecule has 0 aromatic rings. The van der Waals surface area contributed by atoms with Crippen LogP contribution in [0.1, 0.15) is 310 Å². The Kier molecular flexibility index (Phi) is 56.3. The van der Waals surface area contributed by atoms with Crippen molar-refractivity contribution in [2.75, 3.05) is 13.2 Å². The molecule has 0 radical (unpaired) electrons. The Morgan fingerprint density at radius 1 is 0.300 bits per heavy atom. The Morgan fingerprint density at radius 3 is 0.914 bits per heavy atom. The van der Waals surface area contributed by atoms with Crippen LogP contribution in [0.15, 0.2) is 60.8 Å². The van der Waals surface area contributed by atoms with Gasteiger partial charge in [0.2, 0.25) is 0 Å². The number of allylic oxidation sites excluding steroid dienone is 10. The average Bonchev–Trinajstić information content (AvgIpc) is 3.36. The Hall–Kier alpha value is -2.89. The second-order valence-electron chi connectivity index (χ2n) is 20.2. The minimum Gasteiger partial charge on any atom is -0.462 e. The Bertz CT molecular complexity index is 1260. The first-order valence-corrected chi connectivity index (χ1v) is 30.3. The van der Waals surface area contributed by atoms with Crippen LogP contribution in [0.4, 0.5) is 0 Å². The summed E-state index contributed by atoms with van der Waals surface area (Å²) in [7, 11) is 0. The zero-order chi connectivity index (χ0) is 50.7. The van der Waals surface area contributed by atoms with Gasteiger partial charge in [0.25, 0.3) is 0 Å². The molecule has 0 aromatic carbocycles. The summed E-state index contributed by atoms with van der Waals surface area (Å²) in [6.07, 6.45) is 73.7. The Balaban J connectivity index is 4.32. The van der Waals surface area contributed by atoms with Crippen molar-refractivity contribution < 1.29 is 28.6 Å². The van der Waals surface area contributed by atoms with Crippen LogP contribution in [0.3, 0.4) is 0 Å². The van der Waals surface area contributed by atoms with E-state index in [9.17, 15) is 14.4 Å². The number of ether oxygens (including phenoxy) is 3. The molecule has 406 valence electrons. The van der Waals surface area contributed by atoms with Crippen molar-refractivity contribution in [2.24, 2.45) is 0 Å². The largest absolute Gasteiger partial charge is 0.462 e. The van der Waals surface area contributed by atoms with Gasteiger partial charge in [0.1, 0.15) is 13.2 Å². The molecule has 0 N–H and O–H groups in total. The molecule has 0 bridgehead atoms. The molecule has 6 nitrogen and oxygen atoms in total. The van der Waals surface area contributed by atoms with E-state index >= 15 is 0 Å². The summed E-state index contributed by atoms with van der Waals surface area (Å²) in [6, 6.07) is 0. The molecule has 0 spiro atoms. The number of hydrogen-bond donors (Lipinski definition) is 0. The van der Waals surface area contributed by atoms with Crippen LogP contribution in [0.2, 0.25) is 0 Å². The highest BCUT2D eigenvalue weighted by atomic mass is 16.6. The van der Waals surface area contributed by atoms with Gasteiger partial charge in [-0.1, -0.05) is 268 Å². The molecule has 0 aliphatic heterocycles. The van der Waals surface area contributed by atoms with E-state index in [4.69, 9.17) is 14.2 Å². The fourth-order valence-electron chi connectivity index (χ4n) is 8.72. The van der Waals surface area contributed by atoms with Crippen LogP contribution in [0.5, 0.6) is 0 Å². The highest BCUT2D eigenvalue weighted by Gasteiger charge is 2.19. The molecule has 0 aliphatic carbocycles. The monoisotopic (exact) mass is 979 g/mol. The lowest BCUT2D eigenvalue weighted by Gasteiger charge is -2.18. The number of rotatable bonds is 55. The lowest BCUT2D eigenvalue weighted by Crippen LogP contribution is -2.30. The van der Waals surface area contributed by atoms with E-state index in [1.165, 1.54) is 180 Å². The van der Waals surface area contributed by atoms with Gasteiger partial charge in [0, 0.05) is 19.3 Å². The molecule has 1 unspecified atom stereocenters. The van der Waals surface area contributed by atoms with Gasteiger partial charge in [-0.15, -0.1) is 0 Å². The minimum atomic E-state index is -0.798. The van der Waals surface area contributed by atoms with Gasteiger partial charge in [-0.05, 0) is 83.5 Å². The van der Waals surface area contributed by atoms with Gasteiger partial charge in [-0.3, -0.25) is 14.4 Å². The SMILES string of the molecule is CC/C=C\C/C=C\C/C=C\C/C=C\CCCCC(=O)OC(COC(=O)CCCCCCC/C=C\CCCCCCC)COC(=O)CCCCCCCCCCCCCCCCCCCCCCCCC. The number of hydrogen-bond acceptors (Lipinski definition) is 6. The van der Waals surface area contributed by atoms with Gasteiger partial charge < -0.3 is 14.2 Å². The third kappa shape index (κ3) is 56.0. The second kappa shape index (κ2) is 58.7. The lowest BCUT2D eigenvalue weighted by molar-refractivity contribution is -0.167. The van der Waals surface area contributed by atoms with Crippen LogP contribution in [-0.4, -0.2) is 37.2 Å². The highest BCUT2D eigenvalue weighted by Crippen LogP contribution is 2.17. The number of carbonyl (C=O) groups is 3. The molecule has 0 amide bonds. The molecule has 0 heterocycles. The van der Waals surface area contributed by atoms with E-state index in [2.05, 4.69) is 81.5 Å².